The first-order valence-corrected chi connectivity index (χ1v) is 10.9. The number of aromatic nitrogens is 1. The fourth-order valence-electron chi connectivity index (χ4n) is 3.40. The van der Waals surface area contributed by atoms with Crippen molar-refractivity contribution >= 4 is 15.7 Å². The second-order valence-electron chi connectivity index (χ2n) is 7.46. The van der Waals surface area contributed by atoms with E-state index in [0.29, 0.717) is 43.9 Å². The minimum atomic E-state index is -3.45. The van der Waals surface area contributed by atoms with Crippen LogP contribution < -0.4 is 14.8 Å². The average Bonchev–Trinajstić information content (AvgIpc) is 3.49. The molecule has 2 fully saturated rings. The van der Waals surface area contributed by atoms with Crippen LogP contribution in [0.3, 0.4) is 0 Å². The molecule has 2 aromatic rings. The quantitative estimate of drug-likeness (QED) is 0.761. The summed E-state index contributed by atoms with van der Waals surface area (Å²) in [6.45, 7) is 1.22. The zero-order valence-electron chi connectivity index (χ0n) is 15.9. The first kappa shape index (κ1) is 19.2. The summed E-state index contributed by atoms with van der Waals surface area (Å²) in [6, 6.07) is 10.9. The van der Waals surface area contributed by atoms with Crippen LogP contribution in [0.4, 0.5) is 5.69 Å². The van der Waals surface area contributed by atoms with Crippen LogP contribution in [0.25, 0.3) is 0 Å². The number of sulfonamides is 1. The van der Waals surface area contributed by atoms with E-state index in [-0.39, 0.29) is 11.8 Å². The Balaban J connectivity index is 1.69. The van der Waals surface area contributed by atoms with Crippen LogP contribution in [0.5, 0.6) is 5.75 Å². The summed E-state index contributed by atoms with van der Waals surface area (Å²) >= 11 is 0. The van der Waals surface area contributed by atoms with Crippen molar-refractivity contribution in [3.05, 3.63) is 53.9 Å². The van der Waals surface area contributed by atoms with Crippen LogP contribution in [0, 0.1) is 0 Å². The predicted octanol–water partition coefficient (Wildman–Crippen LogP) is 2.16. The summed E-state index contributed by atoms with van der Waals surface area (Å²) < 4.78 is 38.4. The van der Waals surface area contributed by atoms with Crippen molar-refractivity contribution in [1.82, 2.24) is 4.98 Å². The van der Waals surface area contributed by atoms with Crippen LogP contribution in [0.1, 0.15) is 30.5 Å². The summed E-state index contributed by atoms with van der Waals surface area (Å²) in [7, 11) is -1.85. The molecule has 2 N–H and O–H groups in total. The molecule has 2 heterocycles. The first-order valence-electron chi connectivity index (χ1n) is 9.40. The molecule has 0 bridgehead atoms. The Labute approximate surface area is 165 Å². The summed E-state index contributed by atoms with van der Waals surface area (Å²) in [5, 5.41) is -0.316. The summed E-state index contributed by atoms with van der Waals surface area (Å²) in [4.78, 5) is 4.40. The normalized spacial score (nSPS) is 22.2. The van der Waals surface area contributed by atoms with E-state index in [9.17, 15) is 8.42 Å². The second-order valence-corrected chi connectivity index (χ2v) is 9.59. The monoisotopic (exact) mass is 403 g/mol. The number of anilines is 1. The Morgan fingerprint density at radius 1 is 1.29 bits per heavy atom. The molecule has 0 amide bonds. The van der Waals surface area contributed by atoms with Crippen molar-refractivity contribution in [2.75, 3.05) is 24.6 Å². The van der Waals surface area contributed by atoms with E-state index in [1.807, 2.05) is 24.3 Å². The third-order valence-electron chi connectivity index (χ3n) is 5.33. The number of methoxy groups -OCH3 is 1. The lowest BCUT2D eigenvalue weighted by molar-refractivity contribution is 0.177. The lowest BCUT2D eigenvalue weighted by Crippen LogP contribution is -2.39. The summed E-state index contributed by atoms with van der Waals surface area (Å²) in [5.41, 5.74) is 7.90. The van der Waals surface area contributed by atoms with Crippen LogP contribution in [0.15, 0.2) is 42.6 Å². The van der Waals surface area contributed by atoms with Crippen molar-refractivity contribution in [1.29, 1.82) is 0 Å². The number of benzene rings is 1. The van der Waals surface area contributed by atoms with E-state index < -0.39 is 15.6 Å². The van der Waals surface area contributed by atoms with Gasteiger partial charge >= 0.3 is 0 Å². The molecule has 0 radical (unpaired) electrons. The molecule has 1 aromatic heterocycles. The van der Waals surface area contributed by atoms with Crippen molar-refractivity contribution in [2.24, 2.45) is 5.73 Å². The zero-order valence-corrected chi connectivity index (χ0v) is 16.7. The Morgan fingerprint density at radius 2 is 2.04 bits per heavy atom. The van der Waals surface area contributed by atoms with Crippen molar-refractivity contribution < 1.29 is 17.9 Å². The summed E-state index contributed by atoms with van der Waals surface area (Å²) in [5.74, 6) is 0.734. The van der Waals surface area contributed by atoms with E-state index in [4.69, 9.17) is 15.2 Å². The maximum atomic E-state index is 13.2. The third-order valence-corrected chi connectivity index (χ3v) is 7.60. The Bertz CT molecular complexity index is 936. The van der Waals surface area contributed by atoms with Crippen molar-refractivity contribution in [2.45, 2.75) is 36.6 Å². The number of ether oxygens (including phenoxy) is 2. The van der Waals surface area contributed by atoms with E-state index in [1.54, 1.807) is 25.4 Å². The lowest BCUT2D eigenvalue weighted by atomic mass is 9.95. The molecule has 2 aliphatic rings. The SMILES string of the molecule is COc1ccc(CN(c2ccnc(C3(N)CCOC3)c2)S(=O)(=O)C2CC2)cc1. The van der Waals surface area contributed by atoms with Gasteiger partial charge in [0.25, 0.3) is 0 Å². The molecule has 0 spiro atoms. The van der Waals surface area contributed by atoms with Crippen LogP contribution in [0.2, 0.25) is 0 Å². The van der Waals surface area contributed by atoms with Gasteiger partial charge in [-0.3, -0.25) is 9.29 Å². The Hall–Kier alpha value is -2.16. The molecule has 1 unspecified atom stereocenters. The molecule has 1 aliphatic heterocycles. The van der Waals surface area contributed by atoms with Gasteiger partial charge in [-0.1, -0.05) is 12.1 Å². The zero-order chi connectivity index (χ0) is 19.8. The molecule has 1 atom stereocenters. The van der Waals surface area contributed by atoms with E-state index in [0.717, 1.165) is 11.3 Å². The van der Waals surface area contributed by atoms with E-state index >= 15 is 0 Å². The fourth-order valence-corrected chi connectivity index (χ4v) is 5.23. The molecule has 4 rings (SSSR count). The number of hydrogen-bond donors (Lipinski definition) is 1. The fraction of sp³-hybridized carbons (Fsp3) is 0.450. The molecule has 150 valence electrons. The Kier molecular flexibility index (Phi) is 5.03. The van der Waals surface area contributed by atoms with E-state index in [2.05, 4.69) is 4.98 Å². The number of pyridine rings is 1. The highest BCUT2D eigenvalue weighted by molar-refractivity contribution is 7.93. The molecule has 1 aliphatic carbocycles. The Morgan fingerprint density at radius 3 is 2.64 bits per heavy atom. The van der Waals surface area contributed by atoms with Crippen molar-refractivity contribution in [3.63, 3.8) is 0 Å². The molecule has 28 heavy (non-hydrogen) atoms. The molecule has 1 saturated heterocycles. The van der Waals surface area contributed by atoms with Gasteiger partial charge in [-0.05, 0) is 49.1 Å². The predicted molar refractivity (Wildman–Crippen MR) is 107 cm³/mol. The average molecular weight is 404 g/mol. The molecular weight excluding hydrogens is 378 g/mol. The lowest BCUT2D eigenvalue weighted by Gasteiger charge is -2.27. The topological polar surface area (TPSA) is 94.8 Å². The molecular formula is C20H25N3O4S. The van der Waals surface area contributed by atoms with Crippen molar-refractivity contribution in [3.8, 4) is 5.75 Å². The highest BCUT2D eigenvalue weighted by atomic mass is 32.2. The minimum Gasteiger partial charge on any atom is -0.497 e. The molecule has 1 saturated carbocycles. The van der Waals surface area contributed by atoms with Crippen LogP contribution in [-0.2, 0) is 26.8 Å². The number of nitrogens with zero attached hydrogens (tertiary/aromatic N) is 2. The van der Waals surface area contributed by atoms with Gasteiger partial charge in [0.1, 0.15) is 5.75 Å². The smallest absolute Gasteiger partial charge is 0.238 e. The summed E-state index contributed by atoms with van der Waals surface area (Å²) in [6.07, 6.45) is 3.69. The first-order chi connectivity index (χ1) is 13.4. The van der Waals surface area contributed by atoms with Gasteiger partial charge in [0.05, 0.1) is 42.4 Å². The van der Waals surface area contributed by atoms with Gasteiger partial charge in [0.2, 0.25) is 10.0 Å². The van der Waals surface area contributed by atoms with Gasteiger partial charge in [0.15, 0.2) is 0 Å². The highest BCUT2D eigenvalue weighted by Gasteiger charge is 2.41. The van der Waals surface area contributed by atoms with Gasteiger partial charge in [-0.15, -0.1) is 0 Å². The minimum absolute atomic E-state index is 0.250. The van der Waals surface area contributed by atoms with E-state index in [1.165, 1.54) is 4.31 Å². The standard InChI is InChI=1S/C20H25N3O4S/c1-26-17-4-2-15(3-5-17)13-23(28(24,25)18-6-7-18)16-8-10-22-19(12-16)20(21)9-11-27-14-20/h2-5,8,10,12,18H,6-7,9,11,13-14,21H2,1H3. The number of nitrogens with two attached hydrogens (primary N) is 1. The van der Waals surface area contributed by atoms with Gasteiger partial charge in [-0.2, -0.15) is 0 Å². The highest BCUT2D eigenvalue weighted by Crippen LogP contribution is 2.36. The molecule has 1 aromatic carbocycles. The van der Waals surface area contributed by atoms with Crippen LogP contribution in [-0.4, -0.2) is 39.0 Å². The van der Waals surface area contributed by atoms with Gasteiger partial charge < -0.3 is 15.2 Å². The maximum absolute atomic E-state index is 13.2. The van der Waals surface area contributed by atoms with Crippen LogP contribution >= 0.6 is 0 Å². The molecule has 7 nitrogen and oxygen atoms in total. The van der Waals surface area contributed by atoms with Gasteiger partial charge in [0, 0.05) is 12.8 Å². The molecule has 8 heteroatoms. The maximum Gasteiger partial charge on any atom is 0.238 e. The number of rotatable bonds is 7. The number of hydrogen-bond acceptors (Lipinski definition) is 6. The van der Waals surface area contributed by atoms with Gasteiger partial charge in [-0.25, -0.2) is 8.42 Å². The third kappa shape index (κ3) is 3.72. The largest absolute Gasteiger partial charge is 0.497 e. The second kappa shape index (κ2) is 7.35.